The van der Waals surface area contributed by atoms with Crippen LogP contribution in [0.2, 0.25) is 0 Å². The van der Waals surface area contributed by atoms with Gasteiger partial charge in [0.1, 0.15) is 0 Å². The molecule has 0 radical (unpaired) electrons. The Kier molecular flexibility index (Phi) is 4.57. The number of allylic oxidation sites excluding steroid dienone is 3. The minimum Gasteiger partial charge on any atom is -0.367 e. The molecule has 2 heteroatoms. The van der Waals surface area contributed by atoms with Crippen LogP contribution in [-0.2, 0) is 10.8 Å². The van der Waals surface area contributed by atoms with Gasteiger partial charge in [0.25, 0.3) is 0 Å². The maximum Gasteiger partial charge on any atom is 0.0565 e. The molecule has 0 spiro atoms. The topological polar surface area (TPSA) is 6.48 Å². The fourth-order valence-corrected chi connectivity index (χ4v) is 6.08. The van der Waals surface area contributed by atoms with Gasteiger partial charge in [-0.25, -0.2) is 0 Å². The molecule has 2 aliphatic rings. The molecule has 0 amide bonds. The molecule has 1 unspecified atom stereocenters. The molecule has 0 aliphatic carbocycles. The Hall–Kier alpha value is -3.00. The van der Waals surface area contributed by atoms with Crippen molar-refractivity contribution in [2.45, 2.75) is 51.5 Å². The highest BCUT2D eigenvalue weighted by Crippen LogP contribution is 2.50. The zero-order chi connectivity index (χ0) is 22.8. The van der Waals surface area contributed by atoms with Crippen LogP contribution in [0.4, 0.5) is 11.4 Å². The lowest BCUT2D eigenvalue weighted by molar-refractivity contribution is 0.487. The third-order valence-corrected chi connectivity index (χ3v) is 7.83. The molecule has 2 aliphatic heterocycles. The van der Waals surface area contributed by atoms with Crippen molar-refractivity contribution in [2.24, 2.45) is 0 Å². The fourth-order valence-electron chi connectivity index (χ4n) is 6.08. The standard InChI is InChI=1S/C30H34N2/c1-20-15-17-24-23(19-20)29(2,3)26(31(24)6)13-10-14-27-30(4,5)28-22-12-9-8-11-21(22)16-18-25(28)32(27)7/h8-19,26H,1-7H3. The molecule has 164 valence electrons. The molecule has 5 rings (SSSR count). The van der Waals surface area contributed by atoms with Gasteiger partial charge in [0.2, 0.25) is 0 Å². The maximum absolute atomic E-state index is 2.43. The van der Waals surface area contributed by atoms with Gasteiger partial charge in [-0.05, 0) is 47.0 Å². The quantitative estimate of drug-likeness (QED) is 0.434. The smallest absolute Gasteiger partial charge is 0.0565 e. The van der Waals surface area contributed by atoms with Crippen LogP contribution in [0.3, 0.4) is 0 Å². The van der Waals surface area contributed by atoms with Crippen molar-refractivity contribution in [3.8, 4) is 0 Å². The molecule has 1 atom stereocenters. The highest BCUT2D eigenvalue weighted by atomic mass is 15.2. The number of nitrogens with zero attached hydrogens (tertiary/aromatic N) is 2. The number of benzene rings is 3. The molecule has 0 fully saturated rings. The van der Waals surface area contributed by atoms with Crippen LogP contribution in [0.25, 0.3) is 10.8 Å². The van der Waals surface area contributed by atoms with E-state index in [1.54, 1.807) is 0 Å². The largest absolute Gasteiger partial charge is 0.367 e. The van der Waals surface area contributed by atoms with Crippen molar-refractivity contribution in [3.05, 3.63) is 95.2 Å². The number of fused-ring (bicyclic) bond motifs is 4. The summed E-state index contributed by atoms with van der Waals surface area (Å²) < 4.78 is 0. The summed E-state index contributed by atoms with van der Waals surface area (Å²) in [5.74, 6) is 0. The van der Waals surface area contributed by atoms with E-state index in [4.69, 9.17) is 0 Å². The van der Waals surface area contributed by atoms with Gasteiger partial charge in [-0.3, -0.25) is 0 Å². The lowest BCUT2D eigenvalue weighted by Gasteiger charge is -2.30. The Balaban J connectivity index is 1.52. The number of aryl methyl sites for hydroxylation is 1. The van der Waals surface area contributed by atoms with E-state index in [-0.39, 0.29) is 10.8 Å². The zero-order valence-electron chi connectivity index (χ0n) is 20.4. The molecule has 3 aromatic rings. The highest BCUT2D eigenvalue weighted by molar-refractivity contribution is 5.94. The van der Waals surface area contributed by atoms with Gasteiger partial charge >= 0.3 is 0 Å². The monoisotopic (exact) mass is 422 g/mol. The molecule has 0 saturated heterocycles. The second kappa shape index (κ2) is 7.00. The van der Waals surface area contributed by atoms with Crippen molar-refractivity contribution in [3.63, 3.8) is 0 Å². The summed E-state index contributed by atoms with van der Waals surface area (Å²) in [6.45, 7) is 11.6. The summed E-state index contributed by atoms with van der Waals surface area (Å²) in [5, 5.41) is 2.67. The van der Waals surface area contributed by atoms with Crippen molar-refractivity contribution in [1.82, 2.24) is 0 Å². The third kappa shape index (κ3) is 2.85. The lowest BCUT2D eigenvalue weighted by atomic mass is 9.79. The van der Waals surface area contributed by atoms with E-state index in [1.165, 1.54) is 44.5 Å². The molecule has 3 aromatic carbocycles. The number of anilines is 2. The lowest BCUT2D eigenvalue weighted by Crippen LogP contribution is -2.37. The molecule has 0 saturated carbocycles. The van der Waals surface area contributed by atoms with Gasteiger partial charge in [-0.2, -0.15) is 0 Å². The van der Waals surface area contributed by atoms with Crippen LogP contribution in [0, 0.1) is 6.92 Å². The minimum atomic E-state index is -0.0491. The van der Waals surface area contributed by atoms with Crippen LogP contribution in [-0.4, -0.2) is 20.1 Å². The molecular formula is C30H34N2. The molecule has 2 nitrogen and oxygen atoms in total. The first-order chi connectivity index (χ1) is 15.1. The number of hydrogen-bond donors (Lipinski definition) is 0. The van der Waals surface area contributed by atoms with Gasteiger partial charge < -0.3 is 9.80 Å². The zero-order valence-corrected chi connectivity index (χ0v) is 20.4. The SMILES string of the molecule is Cc1ccc2c(c1)C(C)(C)C(C=CC=C1N(C)c3ccc4ccccc4c3C1(C)C)N2C. The second-order valence-electron chi connectivity index (χ2n) is 10.6. The van der Waals surface area contributed by atoms with Crippen LogP contribution < -0.4 is 9.80 Å². The first-order valence-electron chi connectivity index (χ1n) is 11.6. The number of hydrogen-bond acceptors (Lipinski definition) is 2. The molecule has 2 heterocycles. The summed E-state index contributed by atoms with van der Waals surface area (Å²) >= 11 is 0. The Bertz CT molecular complexity index is 1280. The summed E-state index contributed by atoms with van der Waals surface area (Å²) in [4.78, 5) is 4.79. The van der Waals surface area contributed by atoms with E-state index >= 15 is 0 Å². The molecular weight excluding hydrogens is 388 g/mol. The van der Waals surface area contributed by atoms with Crippen LogP contribution in [0.5, 0.6) is 0 Å². The average Bonchev–Trinajstić information content (AvgIpc) is 3.07. The highest BCUT2D eigenvalue weighted by Gasteiger charge is 2.42. The van der Waals surface area contributed by atoms with Crippen LogP contribution in [0.15, 0.2) is 78.5 Å². The molecule has 0 bridgehead atoms. The Morgan fingerprint density at radius 3 is 2.38 bits per heavy atom. The number of likely N-dealkylation sites (N-methyl/N-ethyl adjacent to an activating group) is 2. The molecule has 0 aromatic heterocycles. The van der Waals surface area contributed by atoms with Gasteiger partial charge in [0, 0.05) is 42.0 Å². The third-order valence-electron chi connectivity index (χ3n) is 7.83. The van der Waals surface area contributed by atoms with E-state index in [0.717, 1.165) is 0 Å². The Morgan fingerprint density at radius 1 is 0.875 bits per heavy atom. The summed E-state index contributed by atoms with van der Waals surface area (Å²) in [6.07, 6.45) is 6.99. The van der Waals surface area contributed by atoms with Gasteiger partial charge in [0.05, 0.1) is 6.04 Å². The van der Waals surface area contributed by atoms with Crippen molar-refractivity contribution in [1.29, 1.82) is 0 Å². The van der Waals surface area contributed by atoms with E-state index in [2.05, 4.69) is 131 Å². The van der Waals surface area contributed by atoms with Crippen molar-refractivity contribution >= 4 is 22.1 Å². The summed E-state index contributed by atoms with van der Waals surface area (Å²) in [7, 11) is 4.42. The van der Waals surface area contributed by atoms with E-state index < -0.39 is 0 Å². The maximum atomic E-state index is 2.43. The second-order valence-corrected chi connectivity index (χ2v) is 10.6. The van der Waals surface area contributed by atoms with Crippen molar-refractivity contribution in [2.75, 3.05) is 23.9 Å². The van der Waals surface area contributed by atoms with Crippen LogP contribution >= 0.6 is 0 Å². The number of rotatable bonds is 2. The minimum absolute atomic E-state index is 0.0491. The molecule has 0 N–H and O–H groups in total. The van der Waals surface area contributed by atoms with Crippen LogP contribution in [0.1, 0.15) is 44.4 Å². The average molecular weight is 423 g/mol. The van der Waals surface area contributed by atoms with Gasteiger partial charge in [0.15, 0.2) is 0 Å². The first-order valence-corrected chi connectivity index (χ1v) is 11.6. The van der Waals surface area contributed by atoms with E-state index in [9.17, 15) is 0 Å². The summed E-state index contributed by atoms with van der Waals surface area (Å²) in [5.41, 5.74) is 8.23. The molecule has 32 heavy (non-hydrogen) atoms. The summed E-state index contributed by atoms with van der Waals surface area (Å²) in [6, 6.07) is 20.4. The normalized spacial score (nSPS) is 22.2. The van der Waals surface area contributed by atoms with E-state index in [0.29, 0.717) is 6.04 Å². The Morgan fingerprint density at radius 2 is 1.59 bits per heavy atom. The predicted molar refractivity (Wildman–Crippen MR) is 139 cm³/mol. The Labute approximate surface area is 192 Å². The predicted octanol–water partition coefficient (Wildman–Crippen LogP) is 7.11. The van der Waals surface area contributed by atoms with Gasteiger partial charge in [-0.1, -0.05) is 87.9 Å². The van der Waals surface area contributed by atoms with E-state index in [1.807, 2.05) is 0 Å². The first kappa shape index (κ1) is 20.9. The van der Waals surface area contributed by atoms with Crippen molar-refractivity contribution < 1.29 is 0 Å². The van der Waals surface area contributed by atoms with Gasteiger partial charge in [-0.15, -0.1) is 0 Å². The fraction of sp³-hybridized carbons (Fsp3) is 0.333.